The van der Waals surface area contributed by atoms with E-state index in [1.165, 1.54) is 0 Å². The second-order valence-corrected chi connectivity index (χ2v) is 5.12. The number of thioether (sulfide) groups is 1. The second kappa shape index (κ2) is 6.12. The van der Waals surface area contributed by atoms with E-state index < -0.39 is 0 Å². The van der Waals surface area contributed by atoms with Crippen LogP contribution in [0.4, 0.5) is 0 Å². The minimum Gasteiger partial charge on any atom is -0.338 e. The van der Waals surface area contributed by atoms with E-state index in [0.717, 1.165) is 17.5 Å². The summed E-state index contributed by atoms with van der Waals surface area (Å²) >= 11 is 1.85. The molecule has 86 valence electrons. The summed E-state index contributed by atoms with van der Waals surface area (Å²) in [6.07, 6.45) is 0. The van der Waals surface area contributed by atoms with Crippen molar-refractivity contribution >= 4 is 11.8 Å². The van der Waals surface area contributed by atoms with Gasteiger partial charge in [-0.05, 0) is 18.7 Å². The van der Waals surface area contributed by atoms with Crippen molar-refractivity contribution in [1.82, 2.24) is 15.5 Å². The summed E-state index contributed by atoms with van der Waals surface area (Å²) in [4.78, 5) is 4.38. The summed E-state index contributed by atoms with van der Waals surface area (Å²) < 4.78 is 5.27. The molecule has 0 spiro atoms. The van der Waals surface area contributed by atoms with Gasteiger partial charge in [-0.15, -0.1) is 11.8 Å². The summed E-state index contributed by atoms with van der Waals surface area (Å²) in [6.45, 7) is 7.15. The standard InChI is InChI=1S/C10H19N3OS/c1-5-15-9(7(2)3)10-12-8(6-11-4)13-14-10/h7,9,11H,5-6H2,1-4H3. The molecule has 0 bridgehead atoms. The van der Waals surface area contributed by atoms with E-state index in [2.05, 4.69) is 36.2 Å². The van der Waals surface area contributed by atoms with E-state index in [1.807, 2.05) is 18.8 Å². The fourth-order valence-electron chi connectivity index (χ4n) is 1.34. The molecule has 15 heavy (non-hydrogen) atoms. The highest BCUT2D eigenvalue weighted by atomic mass is 32.2. The van der Waals surface area contributed by atoms with E-state index in [0.29, 0.717) is 17.7 Å². The number of rotatable bonds is 6. The minimum atomic E-state index is 0.313. The number of hydrogen-bond donors (Lipinski definition) is 1. The number of nitrogens with zero attached hydrogens (tertiary/aromatic N) is 2. The molecule has 0 aliphatic carbocycles. The van der Waals surface area contributed by atoms with Crippen molar-refractivity contribution in [2.45, 2.75) is 32.6 Å². The molecule has 1 aromatic heterocycles. The molecule has 0 radical (unpaired) electrons. The lowest BCUT2D eigenvalue weighted by Gasteiger charge is -2.14. The van der Waals surface area contributed by atoms with Gasteiger partial charge in [0, 0.05) is 0 Å². The fraction of sp³-hybridized carbons (Fsp3) is 0.800. The number of hydrogen-bond acceptors (Lipinski definition) is 5. The predicted octanol–water partition coefficient (Wildman–Crippen LogP) is 2.24. The van der Waals surface area contributed by atoms with E-state index in [1.54, 1.807) is 0 Å². The molecule has 0 saturated heterocycles. The van der Waals surface area contributed by atoms with Gasteiger partial charge in [-0.2, -0.15) is 4.98 Å². The highest BCUT2D eigenvalue weighted by molar-refractivity contribution is 7.99. The zero-order valence-corrected chi connectivity index (χ0v) is 10.6. The maximum Gasteiger partial charge on any atom is 0.240 e. The van der Waals surface area contributed by atoms with Crippen LogP contribution in [0.1, 0.15) is 37.7 Å². The van der Waals surface area contributed by atoms with Gasteiger partial charge in [0.1, 0.15) is 0 Å². The molecule has 0 saturated carbocycles. The van der Waals surface area contributed by atoms with Gasteiger partial charge in [-0.1, -0.05) is 25.9 Å². The second-order valence-electron chi connectivity index (χ2n) is 3.70. The SMILES string of the molecule is CCSC(c1nc(CNC)no1)C(C)C. The molecule has 1 N–H and O–H groups in total. The molecular formula is C10H19N3OS. The van der Waals surface area contributed by atoms with E-state index in [4.69, 9.17) is 4.52 Å². The maximum atomic E-state index is 5.27. The van der Waals surface area contributed by atoms with Crippen LogP contribution in [0, 0.1) is 5.92 Å². The van der Waals surface area contributed by atoms with Gasteiger partial charge in [0.15, 0.2) is 5.82 Å². The van der Waals surface area contributed by atoms with Gasteiger partial charge in [0.05, 0.1) is 11.8 Å². The number of aromatic nitrogens is 2. The predicted molar refractivity (Wildman–Crippen MR) is 62.8 cm³/mol. The van der Waals surface area contributed by atoms with Crippen LogP contribution in [0.25, 0.3) is 0 Å². The van der Waals surface area contributed by atoms with E-state index in [-0.39, 0.29) is 0 Å². The van der Waals surface area contributed by atoms with Crippen LogP contribution in [0.3, 0.4) is 0 Å². The normalized spacial score (nSPS) is 13.4. The number of nitrogens with one attached hydrogen (secondary N) is 1. The summed E-state index contributed by atoms with van der Waals surface area (Å²) in [5.74, 6) is 3.06. The first-order valence-corrected chi connectivity index (χ1v) is 6.32. The van der Waals surface area contributed by atoms with E-state index in [9.17, 15) is 0 Å². The molecule has 0 amide bonds. The molecular weight excluding hydrogens is 210 g/mol. The Morgan fingerprint density at radius 2 is 2.20 bits per heavy atom. The van der Waals surface area contributed by atoms with Gasteiger partial charge in [0.2, 0.25) is 5.89 Å². The molecule has 1 unspecified atom stereocenters. The van der Waals surface area contributed by atoms with Crippen LogP contribution in [-0.4, -0.2) is 22.9 Å². The Labute approximate surface area is 95.2 Å². The van der Waals surface area contributed by atoms with Gasteiger partial charge < -0.3 is 9.84 Å². The third kappa shape index (κ3) is 3.50. The Bertz CT molecular complexity index is 288. The first-order valence-electron chi connectivity index (χ1n) is 5.27. The zero-order valence-electron chi connectivity index (χ0n) is 9.78. The largest absolute Gasteiger partial charge is 0.338 e. The van der Waals surface area contributed by atoms with Crippen molar-refractivity contribution in [1.29, 1.82) is 0 Å². The quantitative estimate of drug-likeness (QED) is 0.810. The Morgan fingerprint density at radius 3 is 2.73 bits per heavy atom. The van der Waals surface area contributed by atoms with Gasteiger partial charge in [0.25, 0.3) is 0 Å². The average molecular weight is 229 g/mol. The molecule has 0 aliphatic heterocycles. The Hall–Kier alpha value is -0.550. The first kappa shape index (κ1) is 12.5. The van der Waals surface area contributed by atoms with Gasteiger partial charge >= 0.3 is 0 Å². The van der Waals surface area contributed by atoms with Crippen LogP contribution in [-0.2, 0) is 6.54 Å². The third-order valence-electron chi connectivity index (χ3n) is 2.01. The van der Waals surface area contributed by atoms with Crippen LogP contribution >= 0.6 is 11.8 Å². The van der Waals surface area contributed by atoms with Crippen LogP contribution in [0.5, 0.6) is 0 Å². The van der Waals surface area contributed by atoms with E-state index >= 15 is 0 Å². The molecule has 5 heteroatoms. The molecule has 0 aromatic carbocycles. The lowest BCUT2D eigenvalue weighted by atomic mass is 10.1. The molecule has 0 aliphatic rings. The molecule has 1 aromatic rings. The average Bonchev–Trinajstić information content (AvgIpc) is 2.62. The molecule has 1 heterocycles. The maximum absolute atomic E-state index is 5.27. The smallest absolute Gasteiger partial charge is 0.240 e. The Morgan fingerprint density at radius 1 is 1.47 bits per heavy atom. The topological polar surface area (TPSA) is 51.0 Å². The lowest BCUT2D eigenvalue weighted by molar-refractivity contribution is 0.354. The molecule has 1 rings (SSSR count). The van der Waals surface area contributed by atoms with Gasteiger partial charge in [-0.25, -0.2) is 0 Å². The van der Waals surface area contributed by atoms with Gasteiger partial charge in [-0.3, -0.25) is 0 Å². The lowest BCUT2D eigenvalue weighted by Crippen LogP contribution is -2.07. The van der Waals surface area contributed by atoms with Crippen molar-refractivity contribution in [3.8, 4) is 0 Å². The Kier molecular flexibility index (Phi) is 5.11. The van der Waals surface area contributed by atoms with Crippen molar-refractivity contribution in [3.63, 3.8) is 0 Å². The monoisotopic (exact) mass is 229 g/mol. The highest BCUT2D eigenvalue weighted by Crippen LogP contribution is 2.34. The third-order valence-corrected chi connectivity index (χ3v) is 3.45. The van der Waals surface area contributed by atoms with Crippen molar-refractivity contribution in [2.24, 2.45) is 5.92 Å². The Balaban J connectivity index is 2.72. The van der Waals surface area contributed by atoms with Crippen LogP contribution in [0.2, 0.25) is 0 Å². The molecule has 0 fully saturated rings. The molecule has 4 nitrogen and oxygen atoms in total. The van der Waals surface area contributed by atoms with Crippen molar-refractivity contribution < 1.29 is 4.52 Å². The minimum absolute atomic E-state index is 0.313. The summed E-state index contributed by atoms with van der Waals surface area (Å²) in [6, 6.07) is 0. The summed E-state index contributed by atoms with van der Waals surface area (Å²) in [7, 11) is 1.87. The first-order chi connectivity index (χ1) is 7.19. The van der Waals surface area contributed by atoms with Crippen LogP contribution in [0.15, 0.2) is 4.52 Å². The van der Waals surface area contributed by atoms with Crippen LogP contribution < -0.4 is 5.32 Å². The highest BCUT2D eigenvalue weighted by Gasteiger charge is 2.22. The van der Waals surface area contributed by atoms with Crippen molar-refractivity contribution in [3.05, 3.63) is 11.7 Å². The zero-order chi connectivity index (χ0) is 11.3. The fourth-order valence-corrected chi connectivity index (χ4v) is 2.32. The summed E-state index contributed by atoms with van der Waals surface area (Å²) in [5.41, 5.74) is 0. The van der Waals surface area contributed by atoms with Crippen molar-refractivity contribution in [2.75, 3.05) is 12.8 Å². The molecule has 1 atom stereocenters. The summed E-state index contributed by atoms with van der Waals surface area (Å²) in [5, 5.41) is 7.25.